The van der Waals surface area contributed by atoms with E-state index in [4.69, 9.17) is 0 Å². The van der Waals surface area contributed by atoms with Crippen LogP contribution < -0.4 is 5.32 Å². The summed E-state index contributed by atoms with van der Waals surface area (Å²) in [7, 11) is 0. The summed E-state index contributed by atoms with van der Waals surface area (Å²) >= 11 is 0. The zero-order chi connectivity index (χ0) is 15.4. The Morgan fingerprint density at radius 3 is 2.32 bits per heavy atom. The molecule has 3 heteroatoms. The lowest BCUT2D eigenvalue weighted by Gasteiger charge is -2.13. The van der Waals surface area contributed by atoms with Crippen molar-refractivity contribution >= 4 is 16.6 Å². The fraction of sp³-hybridized carbons (Fsp3) is 0.263. The Morgan fingerprint density at radius 1 is 0.909 bits per heavy atom. The van der Waals surface area contributed by atoms with Gasteiger partial charge in [-0.05, 0) is 5.92 Å². The SMILES string of the molecule is CCC(C)CNc1nnc(-c2ccccc2)c2ccccc12. The van der Waals surface area contributed by atoms with Gasteiger partial charge < -0.3 is 5.32 Å². The number of aromatic nitrogens is 2. The van der Waals surface area contributed by atoms with Crippen molar-refractivity contribution in [3.63, 3.8) is 0 Å². The molecular formula is C19H21N3. The third kappa shape index (κ3) is 2.93. The molecule has 1 unspecified atom stereocenters. The summed E-state index contributed by atoms with van der Waals surface area (Å²) in [6, 6.07) is 18.5. The van der Waals surface area contributed by atoms with Gasteiger partial charge in [0.2, 0.25) is 0 Å². The van der Waals surface area contributed by atoms with E-state index in [1.54, 1.807) is 0 Å². The largest absolute Gasteiger partial charge is 0.368 e. The van der Waals surface area contributed by atoms with Crippen LogP contribution in [0, 0.1) is 5.92 Å². The molecule has 1 atom stereocenters. The van der Waals surface area contributed by atoms with Gasteiger partial charge in [0, 0.05) is 22.9 Å². The number of fused-ring (bicyclic) bond motifs is 1. The summed E-state index contributed by atoms with van der Waals surface area (Å²) in [6.07, 6.45) is 1.15. The molecule has 2 aromatic carbocycles. The number of rotatable bonds is 5. The van der Waals surface area contributed by atoms with Crippen LogP contribution in [-0.2, 0) is 0 Å². The second-order valence-corrected chi connectivity index (χ2v) is 5.70. The van der Waals surface area contributed by atoms with Crippen molar-refractivity contribution in [3.05, 3.63) is 54.6 Å². The monoisotopic (exact) mass is 291 g/mol. The zero-order valence-corrected chi connectivity index (χ0v) is 13.1. The lowest BCUT2D eigenvalue weighted by Crippen LogP contribution is -2.12. The van der Waals surface area contributed by atoms with Gasteiger partial charge in [0.25, 0.3) is 0 Å². The van der Waals surface area contributed by atoms with Gasteiger partial charge in [-0.3, -0.25) is 0 Å². The molecule has 0 amide bonds. The predicted molar refractivity (Wildman–Crippen MR) is 92.9 cm³/mol. The van der Waals surface area contributed by atoms with Gasteiger partial charge in [0.1, 0.15) is 5.69 Å². The third-order valence-corrected chi connectivity index (χ3v) is 4.05. The van der Waals surface area contributed by atoms with Gasteiger partial charge in [-0.15, -0.1) is 10.2 Å². The quantitative estimate of drug-likeness (QED) is 0.737. The molecule has 0 radical (unpaired) electrons. The van der Waals surface area contributed by atoms with Gasteiger partial charge in [-0.2, -0.15) is 0 Å². The Kier molecular flexibility index (Phi) is 4.33. The van der Waals surface area contributed by atoms with E-state index < -0.39 is 0 Å². The molecule has 3 rings (SSSR count). The summed E-state index contributed by atoms with van der Waals surface area (Å²) < 4.78 is 0. The van der Waals surface area contributed by atoms with Crippen molar-refractivity contribution in [2.24, 2.45) is 5.92 Å². The molecule has 0 aliphatic carbocycles. The van der Waals surface area contributed by atoms with Gasteiger partial charge >= 0.3 is 0 Å². The van der Waals surface area contributed by atoms with Crippen LogP contribution in [0.5, 0.6) is 0 Å². The first kappa shape index (κ1) is 14.5. The van der Waals surface area contributed by atoms with Crippen LogP contribution in [0.25, 0.3) is 22.0 Å². The number of nitrogens with one attached hydrogen (secondary N) is 1. The van der Waals surface area contributed by atoms with Gasteiger partial charge in [0.15, 0.2) is 5.82 Å². The minimum atomic E-state index is 0.620. The molecule has 0 saturated heterocycles. The smallest absolute Gasteiger partial charge is 0.156 e. The highest BCUT2D eigenvalue weighted by Crippen LogP contribution is 2.29. The first-order chi connectivity index (χ1) is 10.8. The second-order valence-electron chi connectivity index (χ2n) is 5.70. The summed E-state index contributed by atoms with van der Waals surface area (Å²) in [5.41, 5.74) is 2.03. The number of benzene rings is 2. The average molecular weight is 291 g/mol. The van der Waals surface area contributed by atoms with Crippen LogP contribution in [0.3, 0.4) is 0 Å². The third-order valence-electron chi connectivity index (χ3n) is 4.05. The van der Waals surface area contributed by atoms with E-state index in [0.717, 1.165) is 40.8 Å². The van der Waals surface area contributed by atoms with Crippen molar-refractivity contribution in [2.75, 3.05) is 11.9 Å². The molecule has 1 aromatic heterocycles. The Bertz CT molecular complexity index is 753. The van der Waals surface area contributed by atoms with Gasteiger partial charge in [0.05, 0.1) is 0 Å². The molecule has 1 heterocycles. The Hall–Kier alpha value is -2.42. The Morgan fingerprint density at radius 2 is 1.59 bits per heavy atom. The summed E-state index contributed by atoms with van der Waals surface area (Å²) in [4.78, 5) is 0. The topological polar surface area (TPSA) is 37.8 Å². The van der Waals surface area contributed by atoms with E-state index in [-0.39, 0.29) is 0 Å². The lowest BCUT2D eigenvalue weighted by molar-refractivity contribution is 0.592. The number of nitrogens with zero attached hydrogens (tertiary/aromatic N) is 2. The standard InChI is InChI=1S/C19H21N3/c1-3-14(2)13-20-19-17-12-8-7-11-16(17)18(21-22-19)15-9-5-4-6-10-15/h4-12,14H,3,13H2,1-2H3,(H,20,22). The van der Waals surface area contributed by atoms with E-state index >= 15 is 0 Å². The number of hydrogen-bond acceptors (Lipinski definition) is 3. The van der Waals surface area contributed by atoms with Gasteiger partial charge in [-0.1, -0.05) is 74.9 Å². The normalized spacial score (nSPS) is 12.3. The van der Waals surface area contributed by atoms with E-state index in [1.165, 1.54) is 0 Å². The second kappa shape index (κ2) is 6.56. The zero-order valence-electron chi connectivity index (χ0n) is 13.1. The lowest BCUT2D eigenvalue weighted by atomic mass is 10.0. The maximum absolute atomic E-state index is 4.47. The van der Waals surface area contributed by atoms with Crippen LogP contribution in [-0.4, -0.2) is 16.7 Å². The van der Waals surface area contributed by atoms with Crippen molar-refractivity contribution in [1.82, 2.24) is 10.2 Å². The molecule has 1 N–H and O–H groups in total. The highest BCUT2D eigenvalue weighted by atomic mass is 15.2. The van der Waals surface area contributed by atoms with Crippen molar-refractivity contribution in [1.29, 1.82) is 0 Å². The van der Waals surface area contributed by atoms with E-state index in [2.05, 4.69) is 59.7 Å². The first-order valence-electron chi connectivity index (χ1n) is 7.84. The molecule has 3 aromatic rings. The average Bonchev–Trinajstić information content (AvgIpc) is 2.60. The predicted octanol–water partition coefficient (Wildman–Crippen LogP) is 4.75. The fourth-order valence-corrected chi connectivity index (χ4v) is 2.46. The van der Waals surface area contributed by atoms with Gasteiger partial charge in [-0.25, -0.2) is 0 Å². The molecule has 0 spiro atoms. The summed E-state index contributed by atoms with van der Waals surface area (Å²) in [6.45, 7) is 5.36. The molecular weight excluding hydrogens is 270 g/mol. The molecule has 0 bridgehead atoms. The Balaban J connectivity index is 2.04. The van der Waals surface area contributed by atoms with E-state index in [9.17, 15) is 0 Å². The molecule has 3 nitrogen and oxygen atoms in total. The summed E-state index contributed by atoms with van der Waals surface area (Å²) in [5.74, 6) is 1.49. The fourth-order valence-electron chi connectivity index (χ4n) is 2.46. The molecule has 22 heavy (non-hydrogen) atoms. The molecule has 112 valence electrons. The van der Waals surface area contributed by atoms with E-state index in [1.807, 2.05) is 24.3 Å². The minimum absolute atomic E-state index is 0.620. The van der Waals surface area contributed by atoms with Crippen LogP contribution in [0.2, 0.25) is 0 Å². The first-order valence-corrected chi connectivity index (χ1v) is 7.84. The van der Waals surface area contributed by atoms with Crippen molar-refractivity contribution < 1.29 is 0 Å². The van der Waals surface area contributed by atoms with Crippen LogP contribution >= 0.6 is 0 Å². The molecule has 0 aliphatic rings. The maximum Gasteiger partial charge on any atom is 0.156 e. The maximum atomic E-state index is 4.47. The van der Waals surface area contributed by atoms with Crippen molar-refractivity contribution in [3.8, 4) is 11.3 Å². The van der Waals surface area contributed by atoms with Crippen LogP contribution in [0.4, 0.5) is 5.82 Å². The van der Waals surface area contributed by atoms with Crippen molar-refractivity contribution in [2.45, 2.75) is 20.3 Å². The molecule has 0 fully saturated rings. The van der Waals surface area contributed by atoms with E-state index in [0.29, 0.717) is 5.92 Å². The highest BCUT2D eigenvalue weighted by molar-refractivity contribution is 5.99. The number of hydrogen-bond donors (Lipinski definition) is 1. The highest BCUT2D eigenvalue weighted by Gasteiger charge is 2.10. The summed E-state index contributed by atoms with van der Waals surface area (Å²) in [5, 5.41) is 14.6. The van der Waals surface area contributed by atoms with Crippen LogP contribution in [0.15, 0.2) is 54.6 Å². The van der Waals surface area contributed by atoms with Crippen LogP contribution in [0.1, 0.15) is 20.3 Å². The molecule has 0 saturated carbocycles. The Labute approximate surface area is 131 Å². The molecule has 0 aliphatic heterocycles. The minimum Gasteiger partial charge on any atom is -0.368 e. The number of anilines is 1.